The Labute approximate surface area is 115 Å². The van der Waals surface area contributed by atoms with Crippen LogP contribution in [0.5, 0.6) is 0 Å². The highest BCUT2D eigenvalue weighted by Gasteiger charge is 2.01. The fourth-order valence-electron chi connectivity index (χ4n) is 1.74. The maximum atomic E-state index is 11.8. The van der Waals surface area contributed by atoms with Crippen LogP contribution >= 0.6 is 0 Å². The summed E-state index contributed by atoms with van der Waals surface area (Å²) in [5, 5.41) is 7.58. The molecule has 1 aromatic heterocycles. The van der Waals surface area contributed by atoms with Crippen LogP contribution in [0.3, 0.4) is 0 Å². The van der Waals surface area contributed by atoms with Gasteiger partial charge in [-0.25, -0.2) is 4.68 Å². The molecule has 19 heavy (non-hydrogen) atoms. The summed E-state index contributed by atoms with van der Waals surface area (Å²) in [5.41, 5.74) is 0.821. The molecule has 0 unspecified atom stereocenters. The molecule has 1 N–H and O–H groups in total. The highest BCUT2D eigenvalue weighted by Crippen LogP contribution is 2.03. The van der Waals surface area contributed by atoms with E-state index in [9.17, 15) is 4.79 Å². The van der Waals surface area contributed by atoms with Gasteiger partial charge in [-0.1, -0.05) is 13.8 Å². The van der Waals surface area contributed by atoms with Crippen molar-refractivity contribution in [1.29, 1.82) is 0 Å². The lowest BCUT2D eigenvalue weighted by Crippen LogP contribution is -2.25. The maximum absolute atomic E-state index is 11.8. The van der Waals surface area contributed by atoms with E-state index in [1.807, 2.05) is 19.0 Å². The Morgan fingerprint density at radius 2 is 2.11 bits per heavy atom. The quantitative estimate of drug-likeness (QED) is 0.721. The van der Waals surface area contributed by atoms with E-state index in [4.69, 9.17) is 0 Å². The van der Waals surface area contributed by atoms with Gasteiger partial charge in [0.2, 0.25) is 0 Å². The maximum Gasteiger partial charge on any atom is 0.268 e. The first-order valence-electron chi connectivity index (χ1n) is 6.96. The van der Waals surface area contributed by atoms with E-state index in [1.54, 1.807) is 12.3 Å². The molecular weight excluding hydrogens is 240 g/mol. The van der Waals surface area contributed by atoms with Crippen molar-refractivity contribution in [3.8, 4) is 0 Å². The zero-order valence-corrected chi connectivity index (χ0v) is 12.5. The number of aryl methyl sites for hydroxylation is 1. The Morgan fingerprint density at radius 1 is 1.37 bits per heavy atom. The third-order valence-electron chi connectivity index (χ3n) is 2.90. The van der Waals surface area contributed by atoms with E-state index in [2.05, 4.69) is 24.3 Å². The number of nitrogens with one attached hydrogen (secondary N) is 1. The van der Waals surface area contributed by atoms with E-state index >= 15 is 0 Å². The van der Waals surface area contributed by atoms with Gasteiger partial charge in [-0.3, -0.25) is 4.79 Å². The second-order valence-electron chi connectivity index (χ2n) is 5.47. The molecule has 1 rings (SSSR count). The molecule has 0 aromatic carbocycles. The van der Waals surface area contributed by atoms with Gasteiger partial charge in [-0.15, -0.1) is 0 Å². The summed E-state index contributed by atoms with van der Waals surface area (Å²) in [4.78, 5) is 13.7. The first kappa shape index (κ1) is 15.7. The number of hydrogen-bond acceptors (Lipinski definition) is 4. The van der Waals surface area contributed by atoms with Crippen molar-refractivity contribution in [2.45, 2.75) is 33.2 Å². The average Bonchev–Trinajstić information content (AvgIpc) is 2.34. The molecule has 0 spiro atoms. The average molecular weight is 266 g/mol. The predicted molar refractivity (Wildman–Crippen MR) is 79.8 cm³/mol. The summed E-state index contributed by atoms with van der Waals surface area (Å²) in [7, 11) is 3.81. The third-order valence-corrected chi connectivity index (χ3v) is 2.90. The molecule has 1 heterocycles. The molecule has 5 nitrogen and oxygen atoms in total. The third kappa shape index (κ3) is 5.87. The number of nitrogens with zero attached hydrogens (tertiary/aromatic N) is 3. The van der Waals surface area contributed by atoms with Gasteiger partial charge < -0.3 is 10.2 Å². The highest BCUT2D eigenvalue weighted by molar-refractivity contribution is 5.40. The van der Waals surface area contributed by atoms with Gasteiger partial charge in [0.25, 0.3) is 5.56 Å². The monoisotopic (exact) mass is 266 g/mol. The van der Waals surface area contributed by atoms with Gasteiger partial charge in [0.05, 0.1) is 11.9 Å². The Hall–Kier alpha value is -1.36. The second-order valence-corrected chi connectivity index (χ2v) is 5.47. The van der Waals surface area contributed by atoms with Gasteiger partial charge >= 0.3 is 0 Å². The van der Waals surface area contributed by atoms with Crippen LogP contribution in [0, 0.1) is 5.92 Å². The SMILES string of the molecule is CC(C)CNCCCCn1ncc(N(C)C)cc1=O. The Bertz CT molecular complexity index is 426. The number of rotatable bonds is 8. The van der Waals surface area contributed by atoms with Gasteiger partial charge in [0.1, 0.15) is 0 Å². The van der Waals surface area contributed by atoms with Crippen LogP contribution in [-0.4, -0.2) is 37.0 Å². The number of unbranched alkanes of at least 4 members (excludes halogenated alkanes) is 1. The van der Waals surface area contributed by atoms with Gasteiger partial charge in [-0.05, 0) is 31.8 Å². The molecule has 0 bridgehead atoms. The first-order valence-corrected chi connectivity index (χ1v) is 6.96. The van der Waals surface area contributed by atoms with Crippen molar-refractivity contribution in [2.75, 3.05) is 32.1 Å². The Balaban J connectivity index is 2.32. The van der Waals surface area contributed by atoms with E-state index in [0.717, 1.165) is 31.6 Å². The molecule has 0 atom stereocenters. The predicted octanol–water partition coefficient (Wildman–Crippen LogP) is 1.34. The van der Waals surface area contributed by atoms with Crippen molar-refractivity contribution in [2.24, 2.45) is 5.92 Å². The Kier molecular flexibility index (Phi) is 6.56. The molecule has 0 saturated heterocycles. The summed E-state index contributed by atoms with van der Waals surface area (Å²) in [6, 6.07) is 1.63. The lowest BCUT2D eigenvalue weighted by molar-refractivity contribution is 0.495. The van der Waals surface area contributed by atoms with Crippen LogP contribution in [0.15, 0.2) is 17.1 Å². The van der Waals surface area contributed by atoms with Gasteiger partial charge in [-0.2, -0.15) is 5.10 Å². The van der Waals surface area contributed by atoms with Crippen LogP contribution < -0.4 is 15.8 Å². The highest BCUT2D eigenvalue weighted by atomic mass is 16.1. The lowest BCUT2D eigenvalue weighted by atomic mass is 10.2. The fraction of sp³-hybridized carbons (Fsp3) is 0.714. The van der Waals surface area contributed by atoms with Crippen molar-refractivity contribution in [3.63, 3.8) is 0 Å². The molecule has 0 aliphatic carbocycles. The normalized spacial score (nSPS) is 11.0. The van der Waals surface area contributed by atoms with Crippen LogP contribution in [0.1, 0.15) is 26.7 Å². The minimum atomic E-state index is -0.0265. The molecule has 0 amide bonds. The minimum Gasteiger partial charge on any atom is -0.376 e. The van der Waals surface area contributed by atoms with Gasteiger partial charge in [0.15, 0.2) is 0 Å². The smallest absolute Gasteiger partial charge is 0.268 e. The van der Waals surface area contributed by atoms with Crippen molar-refractivity contribution in [1.82, 2.24) is 15.1 Å². The number of aromatic nitrogens is 2. The molecule has 0 aliphatic rings. The largest absolute Gasteiger partial charge is 0.376 e. The lowest BCUT2D eigenvalue weighted by Gasteiger charge is -2.12. The van der Waals surface area contributed by atoms with E-state index < -0.39 is 0 Å². The summed E-state index contributed by atoms with van der Waals surface area (Å²) in [6.45, 7) is 7.14. The summed E-state index contributed by atoms with van der Waals surface area (Å²) < 4.78 is 1.54. The van der Waals surface area contributed by atoms with Crippen molar-refractivity contribution < 1.29 is 0 Å². The number of hydrogen-bond donors (Lipinski definition) is 1. The van der Waals surface area contributed by atoms with Crippen LogP contribution in [0.4, 0.5) is 5.69 Å². The van der Waals surface area contributed by atoms with E-state index in [0.29, 0.717) is 12.5 Å². The molecule has 5 heteroatoms. The number of anilines is 1. The second kappa shape index (κ2) is 7.94. The standard InChI is InChI=1S/C14H26N4O/c1-12(2)10-15-7-5-6-8-18-14(19)9-13(11-16-18)17(3)4/h9,11-12,15H,5-8,10H2,1-4H3. The molecule has 108 valence electrons. The van der Waals surface area contributed by atoms with Crippen LogP contribution in [-0.2, 0) is 6.54 Å². The molecule has 0 fully saturated rings. The molecule has 0 radical (unpaired) electrons. The minimum absolute atomic E-state index is 0.0265. The zero-order valence-electron chi connectivity index (χ0n) is 12.5. The van der Waals surface area contributed by atoms with Crippen LogP contribution in [0.25, 0.3) is 0 Å². The summed E-state index contributed by atoms with van der Waals surface area (Å²) >= 11 is 0. The first-order chi connectivity index (χ1) is 9.00. The fourth-order valence-corrected chi connectivity index (χ4v) is 1.74. The Morgan fingerprint density at radius 3 is 2.68 bits per heavy atom. The molecule has 1 aromatic rings. The van der Waals surface area contributed by atoms with Crippen molar-refractivity contribution >= 4 is 5.69 Å². The van der Waals surface area contributed by atoms with E-state index in [-0.39, 0.29) is 5.56 Å². The zero-order chi connectivity index (χ0) is 14.3. The van der Waals surface area contributed by atoms with Crippen LogP contribution in [0.2, 0.25) is 0 Å². The molecule has 0 saturated carbocycles. The van der Waals surface area contributed by atoms with Gasteiger partial charge in [0, 0.05) is 26.7 Å². The summed E-state index contributed by atoms with van der Waals surface area (Å²) in [5.74, 6) is 0.683. The van der Waals surface area contributed by atoms with E-state index in [1.165, 1.54) is 4.68 Å². The topological polar surface area (TPSA) is 50.2 Å². The van der Waals surface area contributed by atoms with Crippen molar-refractivity contribution in [3.05, 3.63) is 22.6 Å². The molecule has 0 aliphatic heterocycles. The molecular formula is C14H26N4O. The summed E-state index contributed by atoms with van der Waals surface area (Å²) in [6.07, 6.45) is 3.77.